The number of benzene rings is 1. The van der Waals surface area contributed by atoms with Crippen molar-refractivity contribution in [1.29, 1.82) is 0 Å². The highest BCUT2D eigenvalue weighted by Crippen LogP contribution is 2.15. The number of halogens is 1. The van der Waals surface area contributed by atoms with Gasteiger partial charge in [-0.15, -0.1) is 0 Å². The van der Waals surface area contributed by atoms with Gasteiger partial charge in [-0.1, -0.05) is 17.7 Å². The maximum Gasteiger partial charge on any atom is 0.240 e. The number of ether oxygens (including phenoxy) is 1. The molecule has 0 aliphatic heterocycles. The van der Waals surface area contributed by atoms with Crippen molar-refractivity contribution in [2.75, 3.05) is 13.7 Å². The molecule has 1 atom stereocenters. The highest BCUT2D eigenvalue weighted by Gasteiger charge is 2.17. The summed E-state index contributed by atoms with van der Waals surface area (Å²) in [5, 5.41) is 0.391. The van der Waals surface area contributed by atoms with Gasteiger partial charge in [0.05, 0.1) is 11.5 Å². The van der Waals surface area contributed by atoms with Crippen LogP contribution in [0.3, 0.4) is 0 Å². The van der Waals surface area contributed by atoms with Gasteiger partial charge in [0.2, 0.25) is 10.0 Å². The zero-order chi connectivity index (χ0) is 12.2. The molecule has 0 bridgehead atoms. The van der Waals surface area contributed by atoms with Crippen molar-refractivity contribution in [2.45, 2.75) is 17.9 Å². The first kappa shape index (κ1) is 13.4. The Morgan fingerprint density at radius 1 is 1.50 bits per heavy atom. The Kier molecular flexibility index (Phi) is 4.73. The van der Waals surface area contributed by atoms with E-state index in [1.165, 1.54) is 19.2 Å². The van der Waals surface area contributed by atoms with E-state index in [1.807, 2.05) is 0 Å². The average Bonchev–Trinajstić information content (AvgIpc) is 2.17. The SMILES string of the molecule is COC[C@@H](C)NS(=O)(=O)c1cccc(Cl)c1. The van der Waals surface area contributed by atoms with Gasteiger partial charge >= 0.3 is 0 Å². The van der Waals surface area contributed by atoms with E-state index in [0.29, 0.717) is 11.6 Å². The average molecular weight is 264 g/mol. The lowest BCUT2D eigenvalue weighted by Gasteiger charge is -2.13. The van der Waals surface area contributed by atoms with Gasteiger partial charge in [-0.25, -0.2) is 13.1 Å². The smallest absolute Gasteiger partial charge is 0.240 e. The normalized spacial score (nSPS) is 13.7. The Morgan fingerprint density at radius 2 is 2.19 bits per heavy atom. The molecule has 0 saturated heterocycles. The van der Waals surface area contributed by atoms with Crippen LogP contribution in [0.2, 0.25) is 5.02 Å². The second kappa shape index (κ2) is 5.63. The second-order valence-electron chi connectivity index (χ2n) is 3.44. The zero-order valence-corrected chi connectivity index (χ0v) is 10.7. The molecule has 0 heterocycles. The van der Waals surface area contributed by atoms with Crippen molar-refractivity contribution in [1.82, 2.24) is 4.72 Å². The van der Waals surface area contributed by atoms with Gasteiger partial charge in [-0.05, 0) is 25.1 Å². The molecule has 1 rings (SSSR count). The van der Waals surface area contributed by atoms with Gasteiger partial charge < -0.3 is 4.74 Å². The summed E-state index contributed by atoms with van der Waals surface area (Å²) < 4.78 is 31.0. The molecule has 0 aliphatic carbocycles. The lowest BCUT2D eigenvalue weighted by atomic mass is 10.4. The third kappa shape index (κ3) is 3.75. The Morgan fingerprint density at radius 3 is 2.75 bits per heavy atom. The number of hydrogen-bond donors (Lipinski definition) is 1. The molecule has 0 unspecified atom stereocenters. The van der Waals surface area contributed by atoms with Crippen LogP contribution in [-0.2, 0) is 14.8 Å². The standard InChI is InChI=1S/C10H14ClNO3S/c1-8(7-15-2)12-16(13,14)10-5-3-4-9(11)6-10/h3-6,8,12H,7H2,1-2H3/t8-/m1/s1. The van der Waals surface area contributed by atoms with Crippen LogP contribution < -0.4 is 4.72 Å². The summed E-state index contributed by atoms with van der Waals surface area (Å²) in [5.74, 6) is 0. The van der Waals surface area contributed by atoms with Gasteiger partial charge in [0, 0.05) is 18.2 Å². The van der Waals surface area contributed by atoms with E-state index >= 15 is 0 Å². The number of methoxy groups -OCH3 is 1. The lowest BCUT2D eigenvalue weighted by Crippen LogP contribution is -2.35. The molecule has 0 amide bonds. The van der Waals surface area contributed by atoms with E-state index in [-0.39, 0.29) is 10.9 Å². The third-order valence-electron chi connectivity index (χ3n) is 1.88. The van der Waals surface area contributed by atoms with Crippen LogP contribution in [0.5, 0.6) is 0 Å². The van der Waals surface area contributed by atoms with E-state index in [9.17, 15) is 8.42 Å². The molecule has 0 fully saturated rings. The molecular formula is C10H14ClNO3S. The molecule has 16 heavy (non-hydrogen) atoms. The minimum absolute atomic E-state index is 0.156. The van der Waals surface area contributed by atoms with Crippen LogP contribution in [0.15, 0.2) is 29.2 Å². The maximum absolute atomic E-state index is 11.8. The quantitative estimate of drug-likeness (QED) is 0.879. The van der Waals surface area contributed by atoms with E-state index in [2.05, 4.69) is 4.72 Å². The Hall–Kier alpha value is -0.620. The molecule has 4 nitrogen and oxygen atoms in total. The van der Waals surface area contributed by atoms with Crippen LogP contribution in [0.1, 0.15) is 6.92 Å². The molecule has 6 heteroatoms. The summed E-state index contributed by atoms with van der Waals surface area (Å²) in [4.78, 5) is 0.156. The predicted octanol–water partition coefficient (Wildman–Crippen LogP) is 1.65. The van der Waals surface area contributed by atoms with Crippen molar-refractivity contribution in [3.05, 3.63) is 29.3 Å². The van der Waals surface area contributed by atoms with E-state index < -0.39 is 10.0 Å². The molecule has 0 aliphatic rings. The van der Waals surface area contributed by atoms with Crippen molar-refractivity contribution >= 4 is 21.6 Å². The zero-order valence-electron chi connectivity index (χ0n) is 9.10. The molecule has 1 aromatic carbocycles. The molecule has 1 N–H and O–H groups in total. The molecule has 90 valence electrons. The summed E-state index contributed by atoms with van der Waals surface area (Å²) >= 11 is 5.73. The van der Waals surface area contributed by atoms with Crippen molar-refractivity contribution in [3.8, 4) is 0 Å². The minimum atomic E-state index is -3.52. The lowest BCUT2D eigenvalue weighted by molar-refractivity contribution is 0.180. The fourth-order valence-corrected chi connectivity index (χ4v) is 2.78. The van der Waals surface area contributed by atoms with E-state index in [0.717, 1.165) is 0 Å². The summed E-state index contributed by atoms with van der Waals surface area (Å²) in [6.07, 6.45) is 0. The number of hydrogen-bond acceptors (Lipinski definition) is 3. The monoisotopic (exact) mass is 263 g/mol. The summed E-state index contributed by atoms with van der Waals surface area (Å²) in [6.45, 7) is 2.05. The molecule has 0 radical (unpaired) electrons. The first-order valence-corrected chi connectivity index (χ1v) is 6.58. The van der Waals surface area contributed by atoms with Crippen LogP contribution >= 0.6 is 11.6 Å². The Labute approximate surface area is 101 Å². The fraction of sp³-hybridized carbons (Fsp3) is 0.400. The summed E-state index contributed by atoms with van der Waals surface area (Å²) in [6, 6.07) is 5.84. The molecule has 0 saturated carbocycles. The third-order valence-corrected chi connectivity index (χ3v) is 3.70. The Bertz CT molecular complexity index is 447. The first-order chi connectivity index (χ1) is 7.45. The number of nitrogens with one attached hydrogen (secondary N) is 1. The highest BCUT2D eigenvalue weighted by molar-refractivity contribution is 7.89. The fourth-order valence-electron chi connectivity index (χ4n) is 1.25. The van der Waals surface area contributed by atoms with Crippen LogP contribution in [0, 0.1) is 0 Å². The molecule has 0 aromatic heterocycles. The second-order valence-corrected chi connectivity index (χ2v) is 5.59. The van der Waals surface area contributed by atoms with Gasteiger partial charge in [-0.3, -0.25) is 0 Å². The number of sulfonamides is 1. The predicted molar refractivity (Wildman–Crippen MR) is 63.1 cm³/mol. The van der Waals surface area contributed by atoms with E-state index in [1.54, 1.807) is 19.1 Å². The minimum Gasteiger partial charge on any atom is -0.383 e. The Balaban J connectivity index is 2.86. The summed E-state index contributed by atoms with van der Waals surface area (Å²) in [7, 11) is -2.00. The molecule has 0 spiro atoms. The van der Waals surface area contributed by atoms with Crippen LogP contribution in [0.25, 0.3) is 0 Å². The topological polar surface area (TPSA) is 55.4 Å². The maximum atomic E-state index is 11.8. The van der Waals surface area contributed by atoms with Gasteiger partial charge in [0.25, 0.3) is 0 Å². The van der Waals surface area contributed by atoms with Crippen LogP contribution in [-0.4, -0.2) is 28.2 Å². The van der Waals surface area contributed by atoms with Crippen molar-refractivity contribution < 1.29 is 13.2 Å². The largest absolute Gasteiger partial charge is 0.383 e. The molecular weight excluding hydrogens is 250 g/mol. The van der Waals surface area contributed by atoms with Crippen molar-refractivity contribution in [3.63, 3.8) is 0 Å². The number of rotatable bonds is 5. The van der Waals surface area contributed by atoms with E-state index in [4.69, 9.17) is 16.3 Å². The van der Waals surface area contributed by atoms with Crippen LogP contribution in [0.4, 0.5) is 0 Å². The first-order valence-electron chi connectivity index (χ1n) is 4.72. The van der Waals surface area contributed by atoms with Gasteiger partial charge in [0.1, 0.15) is 0 Å². The van der Waals surface area contributed by atoms with Gasteiger partial charge in [0.15, 0.2) is 0 Å². The molecule has 1 aromatic rings. The highest BCUT2D eigenvalue weighted by atomic mass is 35.5. The van der Waals surface area contributed by atoms with Gasteiger partial charge in [-0.2, -0.15) is 0 Å². The van der Waals surface area contributed by atoms with Crippen molar-refractivity contribution in [2.24, 2.45) is 0 Å². The summed E-state index contributed by atoms with van der Waals surface area (Å²) in [5.41, 5.74) is 0.